The highest BCUT2D eigenvalue weighted by Crippen LogP contribution is 2.19. The highest BCUT2D eigenvalue weighted by Gasteiger charge is 2.22. The van der Waals surface area contributed by atoms with Crippen LogP contribution in [-0.2, 0) is 4.79 Å². The topological polar surface area (TPSA) is 84.0 Å². The van der Waals surface area contributed by atoms with E-state index >= 15 is 0 Å². The summed E-state index contributed by atoms with van der Waals surface area (Å²) in [7, 11) is 0. The average Bonchev–Trinajstić information content (AvgIpc) is 3.18. The third-order valence-corrected chi connectivity index (χ3v) is 3.07. The summed E-state index contributed by atoms with van der Waals surface area (Å²) < 4.78 is 0. The molecule has 0 unspecified atom stereocenters. The van der Waals surface area contributed by atoms with Crippen molar-refractivity contribution in [1.29, 1.82) is 0 Å². The van der Waals surface area contributed by atoms with Crippen LogP contribution < -0.4 is 10.6 Å². The number of rotatable bonds is 7. The quantitative estimate of drug-likeness (QED) is 0.449. The van der Waals surface area contributed by atoms with E-state index in [0.717, 1.165) is 12.8 Å². The molecule has 2 N–H and O–H groups in total. The molecule has 0 radical (unpaired) electrons. The van der Waals surface area contributed by atoms with Crippen molar-refractivity contribution in [3.8, 4) is 0 Å². The van der Waals surface area contributed by atoms with Crippen molar-refractivity contribution < 1.29 is 9.59 Å². The molecule has 1 aliphatic carbocycles. The highest BCUT2D eigenvalue weighted by atomic mass is 35.5. The van der Waals surface area contributed by atoms with Crippen molar-refractivity contribution in [1.82, 2.24) is 15.3 Å². The molecule has 1 heterocycles. The second kappa shape index (κ2) is 6.47. The summed E-state index contributed by atoms with van der Waals surface area (Å²) in [6.07, 6.45) is 5.21. The lowest BCUT2D eigenvalue weighted by molar-refractivity contribution is -0.121. The van der Waals surface area contributed by atoms with Crippen LogP contribution in [0.25, 0.3) is 0 Å². The van der Waals surface area contributed by atoms with Crippen LogP contribution >= 0.6 is 11.6 Å². The third kappa shape index (κ3) is 4.17. The average molecular weight is 283 g/mol. The Kier molecular flexibility index (Phi) is 4.68. The minimum atomic E-state index is 0.0700. The van der Waals surface area contributed by atoms with Crippen LogP contribution in [0.2, 0.25) is 5.15 Å². The Hall–Kier alpha value is -1.69. The van der Waals surface area contributed by atoms with Gasteiger partial charge >= 0.3 is 0 Å². The van der Waals surface area contributed by atoms with Crippen molar-refractivity contribution in [3.05, 3.63) is 17.0 Å². The number of amides is 1. The van der Waals surface area contributed by atoms with E-state index in [4.69, 9.17) is 11.6 Å². The number of nitrogens with zero attached hydrogens (tertiary/aromatic N) is 2. The van der Waals surface area contributed by atoms with Gasteiger partial charge in [0, 0.05) is 19.0 Å². The van der Waals surface area contributed by atoms with Gasteiger partial charge in [0.1, 0.15) is 17.3 Å². The minimum Gasteiger partial charge on any atom is -0.369 e. The third-order valence-electron chi connectivity index (χ3n) is 2.77. The number of anilines is 1. The molecule has 1 aromatic rings. The Morgan fingerprint density at radius 1 is 1.47 bits per heavy atom. The number of nitrogens with one attached hydrogen (secondary N) is 2. The first-order valence-electron chi connectivity index (χ1n) is 6.19. The number of hydrogen-bond donors (Lipinski definition) is 2. The Morgan fingerprint density at radius 2 is 2.26 bits per heavy atom. The lowest BCUT2D eigenvalue weighted by Gasteiger charge is -2.08. The van der Waals surface area contributed by atoms with Crippen LogP contribution in [0.15, 0.2) is 6.33 Å². The molecule has 2 rings (SSSR count). The molecule has 1 aliphatic rings. The van der Waals surface area contributed by atoms with Gasteiger partial charge < -0.3 is 10.6 Å². The van der Waals surface area contributed by atoms with E-state index in [1.807, 2.05) is 0 Å². The molecule has 1 aromatic heterocycles. The molecular weight excluding hydrogens is 268 g/mol. The molecule has 0 aromatic carbocycles. The molecular formula is C12H15ClN4O2. The predicted molar refractivity (Wildman–Crippen MR) is 71.3 cm³/mol. The molecule has 0 aliphatic heterocycles. The zero-order valence-electron chi connectivity index (χ0n) is 10.4. The van der Waals surface area contributed by atoms with E-state index in [2.05, 4.69) is 20.6 Å². The van der Waals surface area contributed by atoms with Crippen LogP contribution in [0.3, 0.4) is 0 Å². The maximum absolute atomic E-state index is 11.4. The van der Waals surface area contributed by atoms with Crippen molar-refractivity contribution in [2.75, 3.05) is 11.9 Å². The Morgan fingerprint density at radius 3 is 2.95 bits per heavy atom. The number of aromatic nitrogens is 2. The first-order valence-corrected chi connectivity index (χ1v) is 6.57. The van der Waals surface area contributed by atoms with Crippen LogP contribution in [0.1, 0.15) is 36.0 Å². The van der Waals surface area contributed by atoms with E-state index in [1.54, 1.807) is 0 Å². The number of aldehydes is 1. The summed E-state index contributed by atoms with van der Waals surface area (Å²) in [6.45, 7) is 0.548. The first-order chi connectivity index (χ1) is 9.20. The molecule has 19 heavy (non-hydrogen) atoms. The summed E-state index contributed by atoms with van der Waals surface area (Å²) in [5.41, 5.74) is 0.242. The van der Waals surface area contributed by atoms with Crippen LogP contribution in [0.5, 0.6) is 0 Å². The SMILES string of the molecule is O=Cc1c(Cl)ncnc1NCCCC(=O)NC1CC1. The summed E-state index contributed by atoms with van der Waals surface area (Å²) >= 11 is 5.77. The van der Waals surface area contributed by atoms with Crippen molar-refractivity contribution in [2.45, 2.75) is 31.7 Å². The smallest absolute Gasteiger partial charge is 0.220 e. The zero-order valence-corrected chi connectivity index (χ0v) is 11.1. The van der Waals surface area contributed by atoms with Gasteiger partial charge in [-0.1, -0.05) is 11.6 Å². The molecule has 102 valence electrons. The molecule has 0 bridgehead atoms. The van der Waals surface area contributed by atoms with Gasteiger partial charge in [0.25, 0.3) is 0 Å². The lowest BCUT2D eigenvalue weighted by atomic mass is 10.2. The maximum Gasteiger partial charge on any atom is 0.220 e. The lowest BCUT2D eigenvalue weighted by Crippen LogP contribution is -2.25. The number of halogens is 1. The van der Waals surface area contributed by atoms with E-state index in [0.29, 0.717) is 37.5 Å². The van der Waals surface area contributed by atoms with Gasteiger partial charge in [0.2, 0.25) is 5.91 Å². The predicted octanol–water partition coefficient (Wildman–Crippen LogP) is 1.41. The van der Waals surface area contributed by atoms with Crippen LogP contribution in [-0.4, -0.2) is 34.7 Å². The Bertz CT molecular complexity index is 477. The number of carbonyl (C=O) groups excluding carboxylic acids is 2. The van der Waals surface area contributed by atoms with Gasteiger partial charge in [0.15, 0.2) is 6.29 Å². The maximum atomic E-state index is 11.4. The van der Waals surface area contributed by atoms with Crippen LogP contribution in [0.4, 0.5) is 5.82 Å². The van der Waals surface area contributed by atoms with Crippen LogP contribution in [0, 0.1) is 0 Å². The molecule has 1 fully saturated rings. The fourth-order valence-corrected chi connectivity index (χ4v) is 1.78. The van der Waals surface area contributed by atoms with E-state index in [1.165, 1.54) is 6.33 Å². The monoisotopic (exact) mass is 282 g/mol. The van der Waals surface area contributed by atoms with Gasteiger partial charge in [-0.2, -0.15) is 0 Å². The Labute approximate surface area is 116 Å². The van der Waals surface area contributed by atoms with E-state index < -0.39 is 0 Å². The summed E-state index contributed by atoms with van der Waals surface area (Å²) in [4.78, 5) is 30.0. The highest BCUT2D eigenvalue weighted by molar-refractivity contribution is 6.32. The first kappa shape index (κ1) is 13.7. The number of carbonyl (C=O) groups is 2. The molecule has 0 atom stereocenters. The second-order valence-electron chi connectivity index (χ2n) is 4.42. The molecule has 6 nitrogen and oxygen atoms in total. The fraction of sp³-hybridized carbons (Fsp3) is 0.500. The van der Waals surface area contributed by atoms with Crippen molar-refractivity contribution in [3.63, 3.8) is 0 Å². The summed E-state index contributed by atoms with van der Waals surface area (Å²) in [5.74, 6) is 0.471. The minimum absolute atomic E-state index is 0.0700. The van der Waals surface area contributed by atoms with Crippen molar-refractivity contribution >= 4 is 29.6 Å². The molecule has 1 saturated carbocycles. The molecule has 0 spiro atoms. The van der Waals surface area contributed by atoms with Crippen molar-refractivity contribution in [2.24, 2.45) is 0 Å². The second-order valence-corrected chi connectivity index (χ2v) is 4.77. The summed E-state index contributed by atoms with van der Waals surface area (Å²) in [5, 5.41) is 6.02. The molecule has 0 saturated heterocycles. The fourth-order valence-electron chi connectivity index (χ4n) is 1.60. The molecule has 1 amide bonds. The van der Waals surface area contributed by atoms with E-state index in [-0.39, 0.29) is 16.6 Å². The zero-order chi connectivity index (χ0) is 13.7. The largest absolute Gasteiger partial charge is 0.369 e. The standard InChI is InChI=1S/C12H15ClN4O2/c13-11-9(6-18)12(16-7-15-11)14-5-1-2-10(19)17-8-3-4-8/h6-8H,1-5H2,(H,17,19)(H,14,15,16). The number of hydrogen-bond acceptors (Lipinski definition) is 5. The van der Waals surface area contributed by atoms with Gasteiger partial charge in [-0.25, -0.2) is 9.97 Å². The molecule has 7 heteroatoms. The van der Waals surface area contributed by atoms with Gasteiger partial charge in [-0.05, 0) is 19.3 Å². The normalized spacial score (nSPS) is 13.9. The van der Waals surface area contributed by atoms with Gasteiger partial charge in [-0.3, -0.25) is 9.59 Å². The summed E-state index contributed by atoms with van der Waals surface area (Å²) in [6, 6.07) is 0.391. The van der Waals surface area contributed by atoms with Gasteiger partial charge in [-0.15, -0.1) is 0 Å². The van der Waals surface area contributed by atoms with Gasteiger partial charge in [0.05, 0.1) is 5.56 Å². The van der Waals surface area contributed by atoms with E-state index in [9.17, 15) is 9.59 Å². The Balaban J connectivity index is 1.74.